The first kappa shape index (κ1) is 18.4. The van der Waals surface area contributed by atoms with Crippen molar-refractivity contribution in [3.05, 3.63) is 90.0 Å². The number of para-hydroxylation sites is 1. The summed E-state index contributed by atoms with van der Waals surface area (Å²) in [6.45, 7) is 2.74. The lowest BCUT2D eigenvalue weighted by molar-refractivity contribution is 0.214. The van der Waals surface area contributed by atoms with Crippen LogP contribution >= 0.6 is 11.8 Å². The van der Waals surface area contributed by atoms with E-state index in [-0.39, 0.29) is 11.4 Å². The SMILES string of the molecule is Cc1cccc(NC(=O)N2CCSC2c2cccc(Oc3ccccc3)c2)c1. The van der Waals surface area contributed by atoms with Crippen LogP contribution in [-0.2, 0) is 0 Å². The highest BCUT2D eigenvalue weighted by atomic mass is 32.2. The molecule has 0 bridgehead atoms. The van der Waals surface area contributed by atoms with Gasteiger partial charge in [0.1, 0.15) is 16.9 Å². The van der Waals surface area contributed by atoms with Crippen LogP contribution in [0.25, 0.3) is 0 Å². The molecule has 4 nitrogen and oxygen atoms in total. The maximum Gasteiger partial charge on any atom is 0.323 e. The fourth-order valence-electron chi connectivity index (χ4n) is 3.23. The van der Waals surface area contributed by atoms with Gasteiger partial charge in [0.15, 0.2) is 0 Å². The Balaban J connectivity index is 1.50. The summed E-state index contributed by atoms with van der Waals surface area (Å²) < 4.78 is 5.95. The Hall–Kier alpha value is -2.92. The van der Waals surface area contributed by atoms with E-state index in [1.54, 1.807) is 11.8 Å². The molecule has 3 aromatic carbocycles. The normalized spacial score (nSPS) is 16.0. The Bertz CT molecular complexity index is 962. The number of ether oxygens (including phenoxy) is 1. The third kappa shape index (κ3) is 4.31. The zero-order valence-corrected chi connectivity index (χ0v) is 16.5. The fourth-order valence-corrected chi connectivity index (χ4v) is 4.47. The fraction of sp³-hybridized carbons (Fsp3) is 0.174. The molecule has 1 aliphatic heterocycles. The number of anilines is 1. The van der Waals surface area contributed by atoms with E-state index in [2.05, 4.69) is 5.32 Å². The first-order chi connectivity index (χ1) is 13.7. The summed E-state index contributed by atoms with van der Waals surface area (Å²) in [7, 11) is 0. The first-order valence-corrected chi connectivity index (χ1v) is 10.3. The monoisotopic (exact) mass is 390 g/mol. The van der Waals surface area contributed by atoms with Gasteiger partial charge >= 0.3 is 6.03 Å². The van der Waals surface area contributed by atoms with Gasteiger partial charge in [-0.2, -0.15) is 0 Å². The number of carbonyl (C=O) groups is 1. The molecule has 142 valence electrons. The van der Waals surface area contributed by atoms with Crippen LogP contribution in [0, 0.1) is 6.92 Å². The molecule has 0 radical (unpaired) electrons. The van der Waals surface area contributed by atoms with Crippen molar-refractivity contribution in [2.24, 2.45) is 0 Å². The van der Waals surface area contributed by atoms with Gasteiger partial charge < -0.3 is 15.0 Å². The van der Waals surface area contributed by atoms with Crippen molar-refractivity contribution in [2.75, 3.05) is 17.6 Å². The van der Waals surface area contributed by atoms with Gasteiger partial charge in [0, 0.05) is 18.0 Å². The number of nitrogens with zero attached hydrogens (tertiary/aromatic N) is 1. The number of hydrogen-bond acceptors (Lipinski definition) is 3. The summed E-state index contributed by atoms with van der Waals surface area (Å²) in [6.07, 6.45) is 0. The number of urea groups is 1. The number of thioether (sulfide) groups is 1. The van der Waals surface area contributed by atoms with Gasteiger partial charge in [-0.15, -0.1) is 11.8 Å². The van der Waals surface area contributed by atoms with Gasteiger partial charge in [-0.3, -0.25) is 0 Å². The smallest absolute Gasteiger partial charge is 0.323 e. The van der Waals surface area contributed by atoms with Gasteiger partial charge in [0.05, 0.1) is 0 Å². The summed E-state index contributed by atoms with van der Waals surface area (Å²) in [5.74, 6) is 2.48. The number of amides is 2. The molecule has 0 saturated carbocycles. The van der Waals surface area contributed by atoms with E-state index in [4.69, 9.17) is 4.74 Å². The van der Waals surface area contributed by atoms with E-state index in [1.165, 1.54) is 0 Å². The highest BCUT2D eigenvalue weighted by Gasteiger charge is 2.31. The van der Waals surface area contributed by atoms with Crippen LogP contribution in [0.4, 0.5) is 10.5 Å². The molecule has 4 rings (SSSR count). The number of benzene rings is 3. The maximum absolute atomic E-state index is 12.9. The van der Waals surface area contributed by atoms with Crippen molar-refractivity contribution in [1.82, 2.24) is 4.90 Å². The third-order valence-electron chi connectivity index (χ3n) is 4.54. The van der Waals surface area contributed by atoms with Crippen molar-refractivity contribution < 1.29 is 9.53 Å². The van der Waals surface area contributed by atoms with Crippen LogP contribution in [0.3, 0.4) is 0 Å². The number of rotatable bonds is 4. The van der Waals surface area contributed by atoms with Crippen LogP contribution in [0.15, 0.2) is 78.9 Å². The van der Waals surface area contributed by atoms with Crippen LogP contribution < -0.4 is 10.1 Å². The predicted octanol–water partition coefficient (Wildman–Crippen LogP) is 6.07. The van der Waals surface area contributed by atoms with Crippen LogP contribution in [-0.4, -0.2) is 23.2 Å². The predicted molar refractivity (Wildman–Crippen MR) is 115 cm³/mol. The van der Waals surface area contributed by atoms with Crippen LogP contribution in [0.1, 0.15) is 16.5 Å². The van der Waals surface area contributed by atoms with Gasteiger partial charge in [-0.25, -0.2) is 4.79 Å². The molecule has 1 fully saturated rings. The number of aryl methyl sites for hydroxylation is 1. The number of nitrogens with one attached hydrogen (secondary N) is 1. The number of carbonyl (C=O) groups excluding carboxylic acids is 1. The largest absolute Gasteiger partial charge is 0.457 e. The van der Waals surface area contributed by atoms with Crippen molar-refractivity contribution >= 4 is 23.5 Å². The summed E-state index contributed by atoms with van der Waals surface area (Å²) in [4.78, 5) is 14.7. The second kappa shape index (κ2) is 8.40. The zero-order chi connectivity index (χ0) is 19.3. The minimum absolute atomic E-state index is 0.0240. The highest BCUT2D eigenvalue weighted by Crippen LogP contribution is 2.39. The Kier molecular flexibility index (Phi) is 5.53. The van der Waals surface area contributed by atoms with E-state index >= 15 is 0 Å². The summed E-state index contributed by atoms with van der Waals surface area (Å²) >= 11 is 1.77. The van der Waals surface area contributed by atoms with Gasteiger partial charge in [0.25, 0.3) is 0 Å². The van der Waals surface area contributed by atoms with Crippen molar-refractivity contribution in [3.63, 3.8) is 0 Å². The molecule has 1 saturated heterocycles. The lowest BCUT2D eigenvalue weighted by Crippen LogP contribution is -2.34. The topological polar surface area (TPSA) is 41.6 Å². The molecule has 2 amide bonds. The molecule has 0 spiro atoms. The van der Waals surface area contributed by atoms with Crippen LogP contribution in [0.5, 0.6) is 11.5 Å². The average Bonchev–Trinajstić information content (AvgIpc) is 3.19. The molecule has 5 heteroatoms. The summed E-state index contributed by atoms with van der Waals surface area (Å²) in [6, 6.07) is 25.5. The average molecular weight is 391 g/mol. The molecule has 1 unspecified atom stereocenters. The van der Waals surface area contributed by atoms with Crippen molar-refractivity contribution in [1.29, 1.82) is 0 Å². The lowest BCUT2D eigenvalue weighted by atomic mass is 10.2. The highest BCUT2D eigenvalue weighted by molar-refractivity contribution is 7.99. The quantitative estimate of drug-likeness (QED) is 0.588. The minimum Gasteiger partial charge on any atom is -0.457 e. The van der Waals surface area contributed by atoms with Crippen molar-refractivity contribution in [2.45, 2.75) is 12.3 Å². The van der Waals surface area contributed by atoms with Gasteiger partial charge in [-0.1, -0.05) is 42.5 Å². The summed E-state index contributed by atoms with van der Waals surface area (Å²) in [5, 5.41) is 3.00. The molecule has 3 aromatic rings. The Labute approximate surface area is 169 Å². The molecule has 0 aromatic heterocycles. The van der Waals surface area contributed by atoms with E-state index < -0.39 is 0 Å². The van der Waals surface area contributed by atoms with Crippen LogP contribution in [0.2, 0.25) is 0 Å². The molecular formula is C23H22N2O2S. The molecule has 0 aliphatic carbocycles. The second-order valence-electron chi connectivity index (χ2n) is 6.70. The van der Waals surface area contributed by atoms with Gasteiger partial charge in [0.2, 0.25) is 0 Å². The van der Waals surface area contributed by atoms with Crippen molar-refractivity contribution in [3.8, 4) is 11.5 Å². The zero-order valence-electron chi connectivity index (χ0n) is 15.7. The molecule has 1 aliphatic rings. The minimum atomic E-state index is -0.0741. The van der Waals surface area contributed by atoms with E-state index in [0.29, 0.717) is 0 Å². The molecule has 1 heterocycles. The summed E-state index contributed by atoms with van der Waals surface area (Å²) in [5.41, 5.74) is 3.01. The third-order valence-corrected chi connectivity index (χ3v) is 5.80. The molecular weight excluding hydrogens is 368 g/mol. The Morgan fingerprint density at radius 3 is 2.61 bits per heavy atom. The van der Waals surface area contributed by atoms with E-state index in [9.17, 15) is 4.79 Å². The number of hydrogen-bond donors (Lipinski definition) is 1. The molecule has 28 heavy (non-hydrogen) atoms. The lowest BCUT2D eigenvalue weighted by Gasteiger charge is -2.25. The van der Waals surface area contributed by atoms with E-state index in [1.807, 2.05) is 90.7 Å². The molecule has 1 atom stereocenters. The molecule has 1 N–H and O–H groups in total. The standard InChI is InChI=1S/C23H22N2O2S/c1-17-7-5-9-19(15-17)24-23(26)25-13-14-28-22(25)18-8-6-12-21(16-18)27-20-10-3-2-4-11-20/h2-12,15-16,22H,13-14H2,1H3,(H,24,26). The maximum atomic E-state index is 12.9. The second-order valence-corrected chi connectivity index (χ2v) is 7.89. The van der Waals surface area contributed by atoms with Gasteiger partial charge in [-0.05, 0) is 54.4 Å². The Morgan fingerprint density at radius 2 is 1.79 bits per heavy atom. The Morgan fingerprint density at radius 1 is 1.00 bits per heavy atom. The van der Waals surface area contributed by atoms with E-state index in [0.717, 1.165) is 40.6 Å². The first-order valence-electron chi connectivity index (χ1n) is 9.28.